The van der Waals surface area contributed by atoms with Crippen LogP contribution in [0.4, 0.5) is 0 Å². The van der Waals surface area contributed by atoms with Crippen molar-refractivity contribution >= 4 is 10.0 Å². The third-order valence-electron chi connectivity index (χ3n) is 6.67. The van der Waals surface area contributed by atoms with Crippen molar-refractivity contribution < 1.29 is 13.2 Å². The molecule has 0 spiro atoms. The van der Waals surface area contributed by atoms with Crippen molar-refractivity contribution in [2.24, 2.45) is 0 Å². The number of fused-ring (bicyclic) bond motifs is 1. The van der Waals surface area contributed by atoms with Crippen molar-refractivity contribution in [3.8, 4) is 5.88 Å². The van der Waals surface area contributed by atoms with Crippen LogP contribution in [0.3, 0.4) is 0 Å². The molecular weight excluding hydrogens is 412 g/mol. The zero-order valence-corrected chi connectivity index (χ0v) is 19.2. The first-order valence-electron chi connectivity index (χ1n) is 11.1. The van der Waals surface area contributed by atoms with Gasteiger partial charge in [-0.25, -0.2) is 13.4 Å². The van der Waals surface area contributed by atoms with Crippen LogP contribution < -0.4 is 4.74 Å². The van der Waals surface area contributed by atoms with Gasteiger partial charge in [-0.1, -0.05) is 17.7 Å². The Morgan fingerprint density at radius 3 is 2.39 bits per heavy atom. The molecule has 3 heterocycles. The van der Waals surface area contributed by atoms with Crippen LogP contribution in [0.1, 0.15) is 47.6 Å². The highest BCUT2D eigenvalue weighted by atomic mass is 32.2. The van der Waals surface area contributed by atoms with Crippen molar-refractivity contribution in [2.75, 3.05) is 26.2 Å². The van der Waals surface area contributed by atoms with Crippen molar-refractivity contribution in [2.45, 2.75) is 63.0 Å². The lowest BCUT2D eigenvalue weighted by Crippen LogP contribution is -2.52. The zero-order valence-electron chi connectivity index (χ0n) is 18.4. The molecule has 1 aromatic carbocycles. The van der Waals surface area contributed by atoms with E-state index >= 15 is 0 Å². The SMILES string of the molecule is Cc1cc(C)c(S(=O)(=O)N2CCN3C[C@@H](Oc4cnc(C5CC5)cn4)C[C@H]3C2)c(C)c1. The van der Waals surface area contributed by atoms with Gasteiger partial charge >= 0.3 is 0 Å². The second kappa shape index (κ2) is 7.83. The molecule has 1 aromatic heterocycles. The molecule has 0 amide bonds. The topological polar surface area (TPSA) is 75.6 Å². The van der Waals surface area contributed by atoms with E-state index < -0.39 is 10.0 Å². The summed E-state index contributed by atoms with van der Waals surface area (Å²) in [5, 5.41) is 0. The summed E-state index contributed by atoms with van der Waals surface area (Å²) >= 11 is 0. The summed E-state index contributed by atoms with van der Waals surface area (Å²) in [5.41, 5.74) is 3.78. The summed E-state index contributed by atoms with van der Waals surface area (Å²) in [6, 6.07) is 4.06. The molecule has 1 aliphatic carbocycles. The summed E-state index contributed by atoms with van der Waals surface area (Å²) in [5.74, 6) is 1.14. The molecule has 0 radical (unpaired) electrons. The number of aromatic nitrogens is 2. The fourth-order valence-electron chi connectivity index (χ4n) is 5.12. The fourth-order valence-corrected chi connectivity index (χ4v) is 7.00. The second-order valence-corrected chi connectivity index (χ2v) is 11.1. The molecule has 2 aromatic rings. The summed E-state index contributed by atoms with van der Waals surface area (Å²) < 4.78 is 34.7. The van der Waals surface area contributed by atoms with Crippen LogP contribution in [-0.4, -0.2) is 65.9 Å². The molecular formula is C23H30N4O3S. The highest BCUT2D eigenvalue weighted by molar-refractivity contribution is 7.89. The second-order valence-electron chi connectivity index (χ2n) is 9.27. The number of hydrogen-bond acceptors (Lipinski definition) is 6. The van der Waals surface area contributed by atoms with Crippen molar-refractivity contribution in [3.05, 3.63) is 46.9 Å². The van der Waals surface area contributed by atoms with E-state index in [9.17, 15) is 8.42 Å². The number of rotatable bonds is 5. The van der Waals surface area contributed by atoms with E-state index in [2.05, 4.69) is 14.9 Å². The van der Waals surface area contributed by atoms with Crippen LogP contribution >= 0.6 is 0 Å². The molecule has 166 valence electrons. The Bertz CT molecular complexity index is 1060. The lowest BCUT2D eigenvalue weighted by molar-refractivity contribution is 0.151. The van der Waals surface area contributed by atoms with Gasteiger partial charge in [-0.05, 0) is 44.7 Å². The lowest BCUT2D eigenvalue weighted by atomic mass is 10.1. The Labute approximate surface area is 184 Å². The Morgan fingerprint density at radius 1 is 1.00 bits per heavy atom. The highest BCUT2D eigenvalue weighted by Crippen LogP contribution is 2.38. The monoisotopic (exact) mass is 442 g/mol. The van der Waals surface area contributed by atoms with Gasteiger partial charge in [0.05, 0.1) is 23.0 Å². The van der Waals surface area contributed by atoms with Crippen LogP contribution in [0.15, 0.2) is 29.4 Å². The minimum atomic E-state index is -3.52. The number of benzene rings is 1. The standard InChI is InChI=1S/C23H30N4O3S/c1-15-8-16(2)23(17(3)9-15)31(28,29)27-7-6-26-14-20(10-19(26)13-27)30-22-12-24-21(11-25-22)18-4-5-18/h8-9,11-12,18-20H,4-7,10,13-14H2,1-3H3/t19-,20-/m0/s1. The van der Waals surface area contributed by atoms with Crippen molar-refractivity contribution in [1.82, 2.24) is 19.2 Å². The molecule has 0 unspecified atom stereocenters. The molecule has 0 bridgehead atoms. The van der Waals surface area contributed by atoms with E-state index in [-0.39, 0.29) is 12.1 Å². The van der Waals surface area contributed by atoms with Crippen LogP contribution in [-0.2, 0) is 10.0 Å². The number of sulfonamides is 1. The Morgan fingerprint density at radius 2 is 1.74 bits per heavy atom. The minimum absolute atomic E-state index is 0.0107. The van der Waals surface area contributed by atoms with Gasteiger partial charge in [0.15, 0.2) is 0 Å². The zero-order chi connectivity index (χ0) is 21.8. The summed E-state index contributed by atoms with van der Waals surface area (Å²) in [6.07, 6.45) is 6.77. The van der Waals surface area contributed by atoms with Crippen molar-refractivity contribution in [1.29, 1.82) is 0 Å². The Hall–Kier alpha value is -2.03. The Kier molecular flexibility index (Phi) is 5.27. The number of ether oxygens (including phenoxy) is 1. The summed E-state index contributed by atoms with van der Waals surface area (Å²) in [7, 11) is -3.52. The average molecular weight is 443 g/mol. The predicted octanol–water partition coefficient (Wildman–Crippen LogP) is 2.81. The fraction of sp³-hybridized carbons (Fsp3) is 0.565. The molecule has 3 fully saturated rings. The maximum Gasteiger partial charge on any atom is 0.243 e. The van der Waals surface area contributed by atoms with Crippen LogP contribution in [0.2, 0.25) is 0 Å². The molecule has 0 N–H and O–H groups in total. The van der Waals surface area contributed by atoms with E-state index in [0.717, 1.165) is 41.9 Å². The number of nitrogens with zero attached hydrogens (tertiary/aromatic N) is 4. The number of aryl methyl sites for hydroxylation is 3. The Balaban J connectivity index is 1.26. The molecule has 31 heavy (non-hydrogen) atoms. The first-order valence-corrected chi connectivity index (χ1v) is 12.6. The van der Waals surface area contributed by atoms with Gasteiger partial charge in [0.1, 0.15) is 6.10 Å². The van der Waals surface area contributed by atoms with Gasteiger partial charge < -0.3 is 4.74 Å². The summed E-state index contributed by atoms with van der Waals surface area (Å²) in [6.45, 7) is 8.30. The number of piperazine rings is 1. The average Bonchev–Trinajstić information content (AvgIpc) is 3.47. The van der Waals surface area contributed by atoms with Gasteiger partial charge in [0.25, 0.3) is 0 Å². The molecule has 3 aliphatic rings. The molecule has 2 aliphatic heterocycles. The first kappa shape index (κ1) is 20.8. The predicted molar refractivity (Wildman–Crippen MR) is 118 cm³/mol. The molecule has 7 nitrogen and oxygen atoms in total. The molecule has 5 rings (SSSR count). The van der Waals surface area contributed by atoms with E-state index in [1.54, 1.807) is 10.5 Å². The van der Waals surface area contributed by atoms with Gasteiger partial charge in [-0.15, -0.1) is 0 Å². The van der Waals surface area contributed by atoms with E-state index in [1.165, 1.54) is 12.8 Å². The van der Waals surface area contributed by atoms with Gasteiger partial charge in [-0.3, -0.25) is 9.88 Å². The van der Waals surface area contributed by atoms with Crippen LogP contribution in [0.25, 0.3) is 0 Å². The maximum atomic E-state index is 13.5. The van der Waals surface area contributed by atoms with Gasteiger partial charge in [0.2, 0.25) is 15.9 Å². The van der Waals surface area contributed by atoms with Gasteiger partial charge in [0, 0.05) is 44.6 Å². The molecule has 2 atom stereocenters. The quantitative estimate of drug-likeness (QED) is 0.709. The van der Waals surface area contributed by atoms with E-state index in [0.29, 0.717) is 29.8 Å². The van der Waals surface area contributed by atoms with Crippen LogP contribution in [0, 0.1) is 20.8 Å². The smallest absolute Gasteiger partial charge is 0.243 e. The van der Waals surface area contributed by atoms with Crippen LogP contribution in [0.5, 0.6) is 5.88 Å². The van der Waals surface area contributed by atoms with E-state index in [1.807, 2.05) is 39.1 Å². The molecule has 2 saturated heterocycles. The largest absolute Gasteiger partial charge is 0.472 e. The highest BCUT2D eigenvalue weighted by Gasteiger charge is 2.41. The molecule has 8 heteroatoms. The number of hydrogen-bond donors (Lipinski definition) is 0. The maximum absolute atomic E-state index is 13.5. The first-order chi connectivity index (χ1) is 14.8. The van der Waals surface area contributed by atoms with E-state index in [4.69, 9.17) is 4.74 Å². The van der Waals surface area contributed by atoms with Gasteiger partial charge in [-0.2, -0.15) is 4.31 Å². The normalized spacial score (nSPS) is 24.9. The summed E-state index contributed by atoms with van der Waals surface area (Å²) in [4.78, 5) is 11.7. The van der Waals surface area contributed by atoms with Crippen molar-refractivity contribution in [3.63, 3.8) is 0 Å². The third-order valence-corrected chi connectivity index (χ3v) is 8.85. The molecule has 1 saturated carbocycles. The minimum Gasteiger partial charge on any atom is -0.472 e. The lowest BCUT2D eigenvalue weighted by Gasteiger charge is -2.36. The third kappa shape index (κ3) is 4.08.